The summed E-state index contributed by atoms with van der Waals surface area (Å²) in [7, 11) is 0. The molecule has 7 heteroatoms. The molecular weight excluding hydrogens is 358 g/mol. The molecule has 0 radical (unpaired) electrons. The molecule has 0 aromatic heterocycles. The summed E-state index contributed by atoms with van der Waals surface area (Å²) in [6.45, 7) is 1.25. The van der Waals surface area contributed by atoms with E-state index in [1.807, 2.05) is 0 Å². The smallest absolute Gasteiger partial charge is 0.316 e. The van der Waals surface area contributed by atoms with Crippen LogP contribution in [-0.4, -0.2) is 31.6 Å². The van der Waals surface area contributed by atoms with E-state index in [4.69, 9.17) is 25.8 Å². The molecule has 0 unspecified atom stereocenters. The zero-order valence-electron chi connectivity index (χ0n) is 13.8. The standard InChI is InChI=1S/C19H16ClNO5/c20-13-1-4-15(5-2-13)26-19(23)12-9-18(22)21(11-12)14-3-6-16-17(10-14)25-8-7-24-16/h1-6,10,12H,7-9,11H2/t12-/m1/s1. The van der Waals surface area contributed by atoms with Gasteiger partial charge in [0.05, 0.1) is 5.92 Å². The number of esters is 1. The van der Waals surface area contributed by atoms with Crippen LogP contribution < -0.4 is 19.1 Å². The van der Waals surface area contributed by atoms with Crippen molar-refractivity contribution in [3.8, 4) is 17.2 Å². The Bertz CT molecular complexity index is 852. The predicted molar refractivity (Wildman–Crippen MR) is 95.0 cm³/mol. The first kappa shape index (κ1) is 16.7. The monoisotopic (exact) mass is 373 g/mol. The molecule has 1 saturated heterocycles. The van der Waals surface area contributed by atoms with Gasteiger partial charge in [0.15, 0.2) is 11.5 Å². The first-order valence-corrected chi connectivity index (χ1v) is 8.65. The van der Waals surface area contributed by atoms with Gasteiger partial charge in [-0.2, -0.15) is 0 Å². The quantitative estimate of drug-likeness (QED) is 0.611. The number of anilines is 1. The molecule has 2 heterocycles. The molecule has 2 aliphatic heterocycles. The number of amides is 1. The van der Waals surface area contributed by atoms with Crippen molar-refractivity contribution in [1.29, 1.82) is 0 Å². The molecule has 1 atom stereocenters. The van der Waals surface area contributed by atoms with Crippen molar-refractivity contribution in [2.45, 2.75) is 6.42 Å². The summed E-state index contributed by atoms with van der Waals surface area (Å²) in [5.74, 6) is 0.593. The number of hydrogen-bond acceptors (Lipinski definition) is 5. The van der Waals surface area contributed by atoms with Crippen molar-refractivity contribution in [2.24, 2.45) is 5.92 Å². The minimum absolute atomic E-state index is 0.112. The molecule has 0 saturated carbocycles. The van der Waals surface area contributed by atoms with E-state index in [9.17, 15) is 9.59 Å². The van der Waals surface area contributed by atoms with Crippen molar-refractivity contribution < 1.29 is 23.8 Å². The first-order valence-electron chi connectivity index (χ1n) is 8.27. The summed E-state index contributed by atoms with van der Waals surface area (Å²) in [6, 6.07) is 11.9. The average molecular weight is 374 g/mol. The van der Waals surface area contributed by atoms with Crippen molar-refractivity contribution in [1.82, 2.24) is 0 Å². The second kappa shape index (κ2) is 6.88. The van der Waals surface area contributed by atoms with Gasteiger partial charge in [-0.3, -0.25) is 9.59 Å². The Morgan fingerprint density at radius 1 is 1.08 bits per heavy atom. The van der Waals surface area contributed by atoms with Crippen LogP contribution in [0.4, 0.5) is 5.69 Å². The van der Waals surface area contributed by atoms with E-state index in [1.165, 1.54) is 0 Å². The van der Waals surface area contributed by atoms with E-state index in [0.717, 1.165) is 0 Å². The molecule has 4 rings (SSSR count). The normalized spacial score (nSPS) is 18.7. The van der Waals surface area contributed by atoms with E-state index < -0.39 is 11.9 Å². The second-order valence-corrected chi connectivity index (χ2v) is 6.54. The fourth-order valence-corrected chi connectivity index (χ4v) is 3.14. The van der Waals surface area contributed by atoms with E-state index in [2.05, 4.69) is 0 Å². The lowest BCUT2D eigenvalue weighted by Gasteiger charge is -2.22. The van der Waals surface area contributed by atoms with Crippen LogP contribution >= 0.6 is 11.6 Å². The van der Waals surface area contributed by atoms with Crippen LogP contribution in [0.25, 0.3) is 0 Å². The predicted octanol–water partition coefficient (Wildman–Crippen LogP) is 3.07. The second-order valence-electron chi connectivity index (χ2n) is 6.11. The number of ether oxygens (including phenoxy) is 3. The summed E-state index contributed by atoms with van der Waals surface area (Å²) >= 11 is 5.82. The maximum Gasteiger partial charge on any atom is 0.316 e. The van der Waals surface area contributed by atoms with Gasteiger partial charge in [-0.05, 0) is 36.4 Å². The molecule has 2 aromatic rings. The lowest BCUT2D eigenvalue weighted by molar-refractivity contribution is -0.139. The Balaban J connectivity index is 1.46. The van der Waals surface area contributed by atoms with Gasteiger partial charge < -0.3 is 19.1 Å². The van der Waals surface area contributed by atoms with E-state index in [-0.39, 0.29) is 18.9 Å². The maximum absolute atomic E-state index is 12.4. The topological polar surface area (TPSA) is 65.1 Å². The average Bonchev–Trinajstić information content (AvgIpc) is 3.05. The Morgan fingerprint density at radius 3 is 2.58 bits per heavy atom. The van der Waals surface area contributed by atoms with Gasteiger partial charge in [-0.25, -0.2) is 0 Å². The van der Waals surface area contributed by atoms with Gasteiger partial charge >= 0.3 is 5.97 Å². The van der Waals surface area contributed by atoms with E-state index in [0.29, 0.717) is 41.2 Å². The van der Waals surface area contributed by atoms with Crippen LogP contribution in [0.3, 0.4) is 0 Å². The van der Waals surface area contributed by atoms with Gasteiger partial charge in [0, 0.05) is 29.7 Å². The third-order valence-corrected chi connectivity index (χ3v) is 4.58. The van der Waals surface area contributed by atoms with Gasteiger partial charge in [0.2, 0.25) is 5.91 Å². The molecule has 1 amide bonds. The van der Waals surface area contributed by atoms with E-state index in [1.54, 1.807) is 47.4 Å². The van der Waals surface area contributed by atoms with Crippen LogP contribution in [0, 0.1) is 5.92 Å². The van der Waals surface area contributed by atoms with Crippen LogP contribution in [0.5, 0.6) is 17.2 Å². The van der Waals surface area contributed by atoms with Crippen molar-refractivity contribution in [2.75, 3.05) is 24.7 Å². The molecule has 26 heavy (non-hydrogen) atoms. The lowest BCUT2D eigenvalue weighted by Crippen LogP contribution is -2.27. The Hall–Kier alpha value is -2.73. The van der Waals surface area contributed by atoms with Gasteiger partial charge in [-0.15, -0.1) is 0 Å². The summed E-state index contributed by atoms with van der Waals surface area (Å²) in [5, 5.41) is 0.561. The number of rotatable bonds is 3. The highest BCUT2D eigenvalue weighted by Crippen LogP contribution is 2.36. The fraction of sp³-hybridized carbons (Fsp3) is 0.263. The minimum atomic E-state index is -0.522. The molecule has 2 aliphatic rings. The molecule has 0 aliphatic carbocycles. The highest BCUT2D eigenvalue weighted by molar-refractivity contribution is 6.30. The SMILES string of the molecule is O=C(Oc1ccc(Cl)cc1)[C@@H]1CC(=O)N(c2ccc3c(c2)OCCO3)C1. The lowest BCUT2D eigenvalue weighted by atomic mass is 10.1. The Morgan fingerprint density at radius 2 is 1.81 bits per heavy atom. The molecule has 134 valence electrons. The third kappa shape index (κ3) is 3.32. The highest BCUT2D eigenvalue weighted by atomic mass is 35.5. The Kier molecular flexibility index (Phi) is 4.42. The van der Waals surface area contributed by atoms with Gasteiger partial charge in [0.25, 0.3) is 0 Å². The number of benzene rings is 2. The third-order valence-electron chi connectivity index (χ3n) is 4.33. The summed E-state index contributed by atoms with van der Waals surface area (Å²) in [4.78, 5) is 26.3. The highest BCUT2D eigenvalue weighted by Gasteiger charge is 2.36. The zero-order chi connectivity index (χ0) is 18.1. The van der Waals surface area contributed by atoms with E-state index >= 15 is 0 Å². The number of halogens is 1. The minimum Gasteiger partial charge on any atom is -0.486 e. The van der Waals surface area contributed by atoms with Crippen LogP contribution in [0.2, 0.25) is 5.02 Å². The molecule has 0 N–H and O–H groups in total. The zero-order valence-corrected chi connectivity index (χ0v) is 14.6. The fourth-order valence-electron chi connectivity index (χ4n) is 3.02. The number of fused-ring (bicyclic) bond motifs is 1. The number of carbonyl (C=O) groups excluding carboxylic acids is 2. The molecule has 6 nitrogen and oxygen atoms in total. The summed E-state index contributed by atoms with van der Waals surface area (Å²) in [5.41, 5.74) is 0.682. The molecule has 0 bridgehead atoms. The van der Waals surface area contributed by atoms with Crippen LogP contribution in [-0.2, 0) is 9.59 Å². The maximum atomic E-state index is 12.4. The molecular formula is C19H16ClNO5. The molecule has 2 aromatic carbocycles. The summed E-state index contributed by atoms with van der Waals surface area (Å²) < 4.78 is 16.4. The van der Waals surface area contributed by atoms with Crippen molar-refractivity contribution in [3.63, 3.8) is 0 Å². The Labute approximate surface area is 155 Å². The van der Waals surface area contributed by atoms with Gasteiger partial charge in [-0.1, -0.05) is 11.6 Å². The molecule has 1 fully saturated rings. The largest absolute Gasteiger partial charge is 0.486 e. The number of hydrogen-bond donors (Lipinski definition) is 0. The molecule has 0 spiro atoms. The first-order chi connectivity index (χ1) is 12.6. The number of nitrogens with zero attached hydrogens (tertiary/aromatic N) is 1. The van der Waals surface area contributed by atoms with Gasteiger partial charge in [0.1, 0.15) is 19.0 Å². The van der Waals surface area contributed by atoms with Crippen molar-refractivity contribution in [3.05, 3.63) is 47.5 Å². The van der Waals surface area contributed by atoms with Crippen LogP contribution in [0.1, 0.15) is 6.42 Å². The van der Waals surface area contributed by atoms with Crippen LogP contribution in [0.15, 0.2) is 42.5 Å². The summed E-state index contributed by atoms with van der Waals surface area (Å²) in [6.07, 6.45) is 0.112. The number of carbonyl (C=O) groups is 2. The van der Waals surface area contributed by atoms with Crippen molar-refractivity contribution >= 4 is 29.2 Å².